The highest BCUT2D eigenvalue weighted by atomic mass is 32.1. The van der Waals surface area contributed by atoms with Crippen LogP contribution in [-0.4, -0.2) is 40.8 Å². The Morgan fingerprint density at radius 2 is 2.33 bits per heavy atom. The summed E-state index contributed by atoms with van der Waals surface area (Å²) in [5, 5.41) is 11.4. The summed E-state index contributed by atoms with van der Waals surface area (Å²) in [4.78, 5) is 7.46. The maximum absolute atomic E-state index is 9.47. The first-order valence-corrected chi connectivity index (χ1v) is 6.89. The number of rotatable bonds is 6. The van der Waals surface area contributed by atoms with Crippen LogP contribution in [0.15, 0.2) is 11.6 Å². The zero-order valence-corrected chi connectivity index (χ0v) is 11.8. The molecular weight excluding hydrogens is 250 g/mol. The van der Waals surface area contributed by atoms with E-state index in [2.05, 4.69) is 4.98 Å². The van der Waals surface area contributed by atoms with E-state index in [1.165, 1.54) is 0 Å². The van der Waals surface area contributed by atoms with Gasteiger partial charge in [-0.2, -0.15) is 0 Å². The first kappa shape index (κ1) is 13.3. The van der Waals surface area contributed by atoms with Crippen molar-refractivity contribution >= 4 is 22.1 Å². The number of nitrogens with zero attached hydrogens (tertiary/aromatic N) is 3. The molecule has 0 amide bonds. The lowest BCUT2D eigenvalue weighted by Crippen LogP contribution is -2.25. The van der Waals surface area contributed by atoms with Gasteiger partial charge >= 0.3 is 0 Å². The lowest BCUT2D eigenvalue weighted by atomic mass is 10.4. The molecule has 18 heavy (non-hydrogen) atoms. The number of anilines is 1. The van der Waals surface area contributed by atoms with E-state index in [4.69, 9.17) is 4.74 Å². The number of aromatic nitrogens is 2. The summed E-state index contributed by atoms with van der Waals surface area (Å²) in [6.45, 7) is 5.44. The Labute approximate surface area is 111 Å². The first-order chi connectivity index (χ1) is 8.63. The van der Waals surface area contributed by atoms with Crippen molar-refractivity contribution in [1.82, 2.24) is 9.38 Å². The molecule has 0 radical (unpaired) electrons. The lowest BCUT2D eigenvalue weighted by molar-refractivity contribution is 0.0845. The van der Waals surface area contributed by atoms with Gasteiger partial charge in [-0.1, -0.05) is 0 Å². The Morgan fingerprint density at radius 1 is 1.56 bits per heavy atom. The van der Waals surface area contributed by atoms with Crippen molar-refractivity contribution in [2.24, 2.45) is 0 Å². The van der Waals surface area contributed by atoms with Crippen LogP contribution in [0.1, 0.15) is 19.5 Å². The second-order valence-corrected chi connectivity index (χ2v) is 5.31. The summed E-state index contributed by atoms with van der Waals surface area (Å²) in [6.07, 6.45) is 2.17. The van der Waals surface area contributed by atoms with Gasteiger partial charge in [0.15, 0.2) is 10.8 Å². The molecule has 6 heteroatoms. The number of hydrogen-bond acceptors (Lipinski definition) is 5. The van der Waals surface area contributed by atoms with Crippen molar-refractivity contribution in [3.05, 3.63) is 17.3 Å². The van der Waals surface area contributed by atoms with Crippen molar-refractivity contribution in [1.29, 1.82) is 0 Å². The maximum atomic E-state index is 9.47. The van der Waals surface area contributed by atoms with E-state index in [-0.39, 0.29) is 12.7 Å². The topological polar surface area (TPSA) is 50.0 Å². The van der Waals surface area contributed by atoms with E-state index >= 15 is 0 Å². The monoisotopic (exact) mass is 269 g/mol. The van der Waals surface area contributed by atoms with E-state index in [1.54, 1.807) is 11.3 Å². The standard InChI is InChI=1S/C12H19N3O2S/c1-9(2)17-6-4-14(3)11-10(8-16)15-5-7-18-12(15)13-11/h5,7,9,16H,4,6,8H2,1-3H3. The third kappa shape index (κ3) is 2.66. The van der Waals surface area contributed by atoms with Crippen molar-refractivity contribution in [2.45, 2.75) is 26.6 Å². The van der Waals surface area contributed by atoms with Gasteiger partial charge in [0.25, 0.3) is 0 Å². The minimum absolute atomic E-state index is 0.0113. The molecular formula is C12H19N3O2S. The molecule has 0 aromatic carbocycles. The summed E-state index contributed by atoms with van der Waals surface area (Å²) in [6, 6.07) is 0. The van der Waals surface area contributed by atoms with Crippen LogP contribution in [0.5, 0.6) is 0 Å². The molecule has 0 spiro atoms. The molecule has 1 N–H and O–H groups in total. The number of likely N-dealkylation sites (N-methyl/N-ethyl adjacent to an activating group) is 1. The van der Waals surface area contributed by atoms with E-state index in [9.17, 15) is 5.11 Å². The number of imidazole rings is 1. The Bertz CT molecular complexity index is 506. The quantitative estimate of drug-likeness (QED) is 0.868. The maximum Gasteiger partial charge on any atom is 0.195 e. The first-order valence-electron chi connectivity index (χ1n) is 6.01. The average molecular weight is 269 g/mol. The Kier molecular flexibility index (Phi) is 4.21. The molecule has 2 heterocycles. The number of aliphatic hydroxyl groups is 1. The fraction of sp³-hybridized carbons (Fsp3) is 0.583. The predicted molar refractivity (Wildman–Crippen MR) is 73.3 cm³/mol. The lowest BCUT2D eigenvalue weighted by Gasteiger charge is -2.18. The van der Waals surface area contributed by atoms with Crippen LogP contribution < -0.4 is 4.90 Å². The summed E-state index contributed by atoms with van der Waals surface area (Å²) in [7, 11) is 1.97. The van der Waals surface area contributed by atoms with Crippen LogP contribution in [0.25, 0.3) is 4.96 Å². The van der Waals surface area contributed by atoms with Gasteiger partial charge in [-0.05, 0) is 13.8 Å². The highest BCUT2D eigenvalue weighted by Gasteiger charge is 2.15. The zero-order valence-electron chi connectivity index (χ0n) is 11.0. The van der Waals surface area contributed by atoms with Gasteiger partial charge in [0.05, 0.1) is 25.0 Å². The molecule has 0 unspecified atom stereocenters. The normalized spacial score (nSPS) is 11.6. The molecule has 100 valence electrons. The minimum Gasteiger partial charge on any atom is -0.390 e. The van der Waals surface area contributed by atoms with E-state index in [0.29, 0.717) is 6.61 Å². The van der Waals surface area contributed by atoms with Crippen LogP contribution in [0.2, 0.25) is 0 Å². The molecule has 2 aromatic heterocycles. The number of ether oxygens (including phenoxy) is 1. The number of aliphatic hydroxyl groups excluding tert-OH is 1. The number of thiazole rings is 1. The van der Waals surface area contributed by atoms with Gasteiger partial charge in [0.2, 0.25) is 0 Å². The zero-order chi connectivity index (χ0) is 13.1. The Balaban J connectivity index is 2.11. The van der Waals surface area contributed by atoms with Crippen molar-refractivity contribution < 1.29 is 9.84 Å². The van der Waals surface area contributed by atoms with Gasteiger partial charge in [-0.15, -0.1) is 11.3 Å². The smallest absolute Gasteiger partial charge is 0.195 e. The molecule has 0 atom stereocenters. The fourth-order valence-corrected chi connectivity index (χ4v) is 2.53. The average Bonchev–Trinajstić information content (AvgIpc) is 2.87. The molecule has 0 aliphatic heterocycles. The molecule has 2 aromatic rings. The van der Waals surface area contributed by atoms with Gasteiger partial charge in [-0.3, -0.25) is 4.40 Å². The summed E-state index contributed by atoms with van der Waals surface area (Å²) >= 11 is 1.57. The highest BCUT2D eigenvalue weighted by molar-refractivity contribution is 7.15. The second kappa shape index (κ2) is 5.69. The predicted octanol–water partition coefficient (Wildman–Crippen LogP) is 1.75. The van der Waals surface area contributed by atoms with Crippen molar-refractivity contribution in [3.8, 4) is 0 Å². The molecule has 0 bridgehead atoms. The SMILES string of the molecule is CC(C)OCCN(C)c1nc2sccn2c1CO. The molecule has 2 rings (SSSR count). The van der Waals surface area contributed by atoms with Gasteiger partial charge < -0.3 is 14.7 Å². The van der Waals surface area contributed by atoms with E-state index < -0.39 is 0 Å². The minimum atomic E-state index is -0.0113. The molecule has 0 fully saturated rings. The van der Waals surface area contributed by atoms with Crippen LogP contribution >= 0.6 is 11.3 Å². The van der Waals surface area contributed by atoms with Crippen molar-refractivity contribution in [3.63, 3.8) is 0 Å². The van der Waals surface area contributed by atoms with Crippen LogP contribution in [0, 0.1) is 0 Å². The van der Waals surface area contributed by atoms with Crippen molar-refractivity contribution in [2.75, 3.05) is 25.1 Å². The second-order valence-electron chi connectivity index (χ2n) is 4.44. The van der Waals surface area contributed by atoms with Crippen LogP contribution in [0.3, 0.4) is 0 Å². The third-order valence-corrected chi connectivity index (χ3v) is 3.49. The molecule has 0 saturated carbocycles. The fourth-order valence-electron chi connectivity index (χ4n) is 1.80. The summed E-state index contributed by atoms with van der Waals surface area (Å²) in [5.74, 6) is 0.830. The van der Waals surface area contributed by atoms with Gasteiger partial charge in [0, 0.05) is 25.2 Å². The van der Waals surface area contributed by atoms with Crippen LogP contribution in [-0.2, 0) is 11.3 Å². The third-order valence-electron chi connectivity index (χ3n) is 2.73. The largest absolute Gasteiger partial charge is 0.390 e. The molecule has 0 saturated heterocycles. The van der Waals surface area contributed by atoms with E-state index in [0.717, 1.165) is 23.0 Å². The highest BCUT2D eigenvalue weighted by Crippen LogP contribution is 2.23. The van der Waals surface area contributed by atoms with Crippen LogP contribution in [0.4, 0.5) is 5.82 Å². The Hall–Kier alpha value is -1.11. The summed E-state index contributed by atoms with van der Waals surface area (Å²) in [5.41, 5.74) is 0.832. The summed E-state index contributed by atoms with van der Waals surface area (Å²) < 4.78 is 7.46. The number of fused-ring (bicyclic) bond motifs is 1. The molecule has 5 nitrogen and oxygen atoms in total. The van der Waals surface area contributed by atoms with Gasteiger partial charge in [-0.25, -0.2) is 4.98 Å². The van der Waals surface area contributed by atoms with E-state index in [1.807, 2.05) is 41.8 Å². The van der Waals surface area contributed by atoms with Gasteiger partial charge in [0.1, 0.15) is 0 Å². The number of hydrogen-bond donors (Lipinski definition) is 1. The Morgan fingerprint density at radius 3 is 3.00 bits per heavy atom. The molecule has 0 aliphatic rings. The molecule has 0 aliphatic carbocycles.